The van der Waals surface area contributed by atoms with Crippen LogP contribution in [0.3, 0.4) is 0 Å². The van der Waals surface area contributed by atoms with Gasteiger partial charge in [-0.25, -0.2) is 4.79 Å². The first kappa shape index (κ1) is 23.1. The van der Waals surface area contributed by atoms with E-state index in [0.717, 1.165) is 30.6 Å². The lowest BCUT2D eigenvalue weighted by atomic mass is 9.98. The highest BCUT2D eigenvalue weighted by atomic mass is 32.1. The summed E-state index contributed by atoms with van der Waals surface area (Å²) >= 11 is 1.54. The van der Waals surface area contributed by atoms with Crippen molar-refractivity contribution < 1.29 is 28.6 Å². The van der Waals surface area contributed by atoms with Crippen LogP contribution in [0.5, 0.6) is 11.5 Å². The van der Waals surface area contributed by atoms with Crippen LogP contribution in [0.2, 0.25) is 0 Å². The Morgan fingerprint density at radius 1 is 1.15 bits per heavy atom. The first-order chi connectivity index (χ1) is 16.0. The van der Waals surface area contributed by atoms with Crippen molar-refractivity contribution in [2.24, 2.45) is 5.92 Å². The summed E-state index contributed by atoms with van der Waals surface area (Å²) in [6, 6.07) is 8.48. The van der Waals surface area contributed by atoms with Crippen LogP contribution in [0.15, 0.2) is 35.7 Å². The van der Waals surface area contributed by atoms with Crippen molar-refractivity contribution in [3.63, 3.8) is 0 Å². The molecule has 1 fully saturated rings. The van der Waals surface area contributed by atoms with Gasteiger partial charge in [0.2, 0.25) is 5.91 Å². The third-order valence-electron chi connectivity index (χ3n) is 5.85. The van der Waals surface area contributed by atoms with Gasteiger partial charge in [-0.15, -0.1) is 11.3 Å². The Bertz CT molecular complexity index is 987. The first-order valence-electron chi connectivity index (χ1n) is 11.2. The standard InChI is InChI=1S/C24H28N2O6S/c1-16(27)25-23(17-5-2-3-6-17)24(29)32-15-22(28)26(14-19-7-4-12-33-19)18-8-9-20-21(13-18)31-11-10-30-20/h4,7-9,12-13,17,23H,2-3,5-6,10-11,14-15H2,1H3,(H,25,27). The number of nitrogens with one attached hydrogen (secondary N) is 1. The molecule has 0 spiro atoms. The number of rotatable bonds is 8. The molecule has 0 radical (unpaired) electrons. The minimum atomic E-state index is -0.724. The topological polar surface area (TPSA) is 94.2 Å². The van der Waals surface area contributed by atoms with E-state index in [0.29, 0.717) is 36.9 Å². The number of nitrogens with zero attached hydrogens (tertiary/aromatic N) is 1. The molecule has 2 aliphatic rings. The summed E-state index contributed by atoms with van der Waals surface area (Å²) in [5, 5.41) is 4.66. The SMILES string of the molecule is CC(=O)NC(C(=O)OCC(=O)N(Cc1cccs1)c1ccc2c(c1)OCCO2)C1CCCC1. The fourth-order valence-electron chi connectivity index (χ4n) is 4.26. The predicted octanol–water partition coefficient (Wildman–Crippen LogP) is 3.29. The minimum absolute atomic E-state index is 0.0384. The highest BCUT2D eigenvalue weighted by molar-refractivity contribution is 7.09. The Labute approximate surface area is 196 Å². The van der Waals surface area contributed by atoms with Gasteiger partial charge in [-0.3, -0.25) is 9.59 Å². The number of thiophene rings is 1. The molecule has 1 unspecified atom stereocenters. The van der Waals surface area contributed by atoms with E-state index >= 15 is 0 Å². The van der Waals surface area contributed by atoms with Crippen molar-refractivity contribution in [1.82, 2.24) is 5.32 Å². The molecule has 2 aromatic rings. The fourth-order valence-corrected chi connectivity index (χ4v) is 4.95. The fraction of sp³-hybridized carbons (Fsp3) is 0.458. The number of esters is 1. The van der Waals surface area contributed by atoms with Crippen LogP contribution >= 0.6 is 11.3 Å². The number of anilines is 1. The molecule has 1 aliphatic carbocycles. The predicted molar refractivity (Wildman–Crippen MR) is 123 cm³/mol. The van der Waals surface area contributed by atoms with Crippen molar-refractivity contribution in [1.29, 1.82) is 0 Å². The minimum Gasteiger partial charge on any atom is -0.486 e. The third-order valence-corrected chi connectivity index (χ3v) is 6.72. The summed E-state index contributed by atoms with van der Waals surface area (Å²) in [6.07, 6.45) is 3.75. The number of benzene rings is 1. The number of ether oxygens (including phenoxy) is 3. The van der Waals surface area contributed by atoms with E-state index in [-0.39, 0.29) is 17.7 Å². The van der Waals surface area contributed by atoms with Gasteiger partial charge in [0.25, 0.3) is 5.91 Å². The summed E-state index contributed by atoms with van der Waals surface area (Å²) in [5.74, 6) is 0.0359. The van der Waals surface area contributed by atoms with Crippen molar-refractivity contribution in [2.45, 2.75) is 45.2 Å². The van der Waals surface area contributed by atoms with Crippen LogP contribution in [0, 0.1) is 5.92 Å². The van der Waals surface area contributed by atoms with Gasteiger partial charge in [-0.2, -0.15) is 0 Å². The lowest BCUT2D eigenvalue weighted by molar-refractivity contribution is -0.152. The Morgan fingerprint density at radius 2 is 1.91 bits per heavy atom. The Kier molecular flexibility index (Phi) is 7.49. The van der Waals surface area contributed by atoms with E-state index < -0.39 is 18.6 Å². The molecule has 4 rings (SSSR count). The van der Waals surface area contributed by atoms with Gasteiger partial charge in [-0.1, -0.05) is 18.9 Å². The van der Waals surface area contributed by atoms with Gasteiger partial charge in [-0.05, 0) is 42.3 Å². The van der Waals surface area contributed by atoms with Crippen LogP contribution in [0.1, 0.15) is 37.5 Å². The monoisotopic (exact) mass is 472 g/mol. The summed E-state index contributed by atoms with van der Waals surface area (Å²) in [7, 11) is 0. The van der Waals surface area contributed by atoms with Crippen LogP contribution < -0.4 is 19.7 Å². The first-order valence-corrected chi connectivity index (χ1v) is 12.1. The number of amides is 2. The number of carbonyl (C=O) groups is 3. The Balaban J connectivity index is 1.48. The van der Waals surface area contributed by atoms with E-state index in [9.17, 15) is 14.4 Å². The quantitative estimate of drug-likeness (QED) is 0.593. The third kappa shape index (κ3) is 5.84. The molecule has 1 aromatic carbocycles. The molecule has 1 aliphatic heterocycles. The molecule has 33 heavy (non-hydrogen) atoms. The molecule has 0 bridgehead atoms. The van der Waals surface area contributed by atoms with E-state index in [2.05, 4.69) is 5.32 Å². The molecule has 2 amide bonds. The molecule has 1 atom stereocenters. The van der Waals surface area contributed by atoms with E-state index in [1.165, 1.54) is 18.3 Å². The molecule has 1 aromatic heterocycles. The van der Waals surface area contributed by atoms with Gasteiger partial charge in [0.1, 0.15) is 19.3 Å². The average molecular weight is 473 g/mol. The number of carbonyl (C=O) groups excluding carboxylic acids is 3. The molecule has 9 heteroatoms. The maximum absolute atomic E-state index is 13.2. The highest BCUT2D eigenvalue weighted by Crippen LogP contribution is 2.35. The average Bonchev–Trinajstić information content (AvgIpc) is 3.53. The highest BCUT2D eigenvalue weighted by Gasteiger charge is 2.33. The smallest absolute Gasteiger partial charge is 0.329 e. The zero-order valence-electron chi connectivity index (χ0n) is 18.6. The number of fused-ring (bicyclic) bond motifs is 1. The molecule has 2 heterocycles. The lowest BCUT2D eigenvalue weighted by Crippen LogP contribution is -2.46. The molecular weight excluding hydrogens is 444 g/mol. The second-order valence-electron chi connectivity index (χ2n) is 8.22. The van der Waals surface area contributed by atoms with Crippen molar-refractivity contribution in [3.8, 4) is 11.5 Å². The van der Waals surface area contributed by atoms with Crippen LogP contribution in [-0.2, 0) is 25.7 Å². The molecule has 1 saturated carbocycles. The van der Waals surface area contributed by atoms with Crippen LogP contribution in [-0.4, -0.2) is 43.6 Å². The van der Waals surface area contributed by atoms with Gasteiger partial charge in [0, 0.05) is 23.6 Å². The van der Waals surface area contributed by atoms with Gasteiger partial charge in [0.15, 0.2) is 18.1 Å². The van der Waals surface area contributed by atoms with Gasteiger partial charge < -0.3 is 24.4 Å². The summed E-state index contributed by atoms with van der Waals surface area (Å²) < 4.78 is 16.7. The van der Waals surface area contributed by atoms with E-state index in [1.54, 1.807) is 23.1 Å². The second kappa shape index (κ2) is 10.7. The zero-order valence-corrected chi connectivity index (χ0v) is 19.4. The van der Waals surface area contributed by atoms with Gasteiger partial charge in [0.05, 0.1) is 6.54 Å². The normalized spacial score (nSPS) is 16.2. The van der Waals surface area contributed by atoms with Crippen LogP contribution in [0.25, 0.3) is 0 Å². The maximum Gasteiger partial charge on any atom is 0.329 e. The summed E-state index contributed by atoms with van der Waals surface area (Å²) in [4.78, 5) is 40.2. The number of hydrogen-bond acceptors (Lipinski definition) is 7. The van der Waals surface area contributed by atoms with E-state index in [1.807, 2.05) is 17.5 Å². The molecule has 0 saturated heterocycles. The van der Waals surface area contributed by atoms with Crippen molar-refractivity contribution in [3.05, 3.63) is 40.6 Å². The zero-order chi connectivity index (χ0) is 23.2. The van der Waals surface area contributed by atoms with Crippen molar-refractivity contribution >= 4 is 34.8 Å². The molecule has 176 valence electrons. The van der Waals surface area contributed by atoms with Crippen molar-refractivity contribution in [2.75, 3.05) is 24.7 Å². The van der Waals surface area contributed by atoms with Crippen LogP contribution in [0.4, 0.5) is 5.69 Å². The summed E-state index contributed by atoms with van der Waals surface area (Å²) in [6.45, 7) is 2.23. The Hall–Kier alpha value is -3.07. The summed E-state index contributed by atoms with van der Waals surface area (Å²) in [5.41, 5.74) is 0.628. The second-order valence-corrected chi connectivity index (χ2v) is 9.25. The lowest BCUT2D eigenvalue weighted by Gasteiger charge is -2.26. The Morgan fingerprint density at radius 3 is 2.61 bits per heavy atom. The molecular formula is C24H28N2O6S. The molecule has 8 nitrogen and oxygen atoms in total. The maximum atomic E-state index is 13.2. The molecule has 1 N–H and O–H groups in total. The van der Waals surface area contributed by atoms with E-state index in [4.69, 9.17) is 14.2 Å². The number of hydrogen-bond donors (Lipinski definition) is 1. The van der Waals surface area contributed by atoms with Gasteiger partial charge >= 0.3 is 5.97 Å². The largest absolute Gasteiger partial charge is 0.486 e.